The molecule has 0 aliphatic rings. The van der Waals surface area contributed by atoms with Crippen molar-refractivity contribution in [2.75, 3.05) is 12.0 Å². The summed E-state index contributed by atoms with van der Waals surface area (Å²) in [5, 5.41) is 20.0. The predicted molar refractivity (Wildman–Crippen MR) is 117 cm³/mol. The Labute approximate surface area is 178 Å². The number of fused-ring (bicyclic) bond motifs is 1. The number of aromatic nitrogens is 6. The molecule has 0 fully saturated rings. The summed E-state index contributed by atoms with van der Waals surface area (Å²) in [4.78, 5) is 13.1. The summed E-state index contributed by atoms with van der Waals surface area (Å²) in [6, 6.07) is 13.4. The van der Waals surface area contributed by atoms with Gasteiger partial charge in [0.15, 0.2) is 17.2 Å². The maximum absolute atomic E-state index is 13.1. The van der Waals surface area contributed by atoms with Gasteiger partial charge in [0.25, 0.3) is 5.91 Å². The van der Waals surface area contributed by atoms with Gasteiger partial charge in [-0.1, -0.05) is 29.0 Å². The van der Waals surface area contributed by atoms with E-state index in [1.165, 1.54) is 0 Å². The van der Waals surface area contributed by atoms with Gasteiger partial charge in [-0.2, -0.15) is 11.8 Å². The van der Waals surface area contributed by atoms with Gasteiger partial charge in [0.1, 0.15) is 0 Å². The summed E-state index contributed by atoms with van der Waals surface area (Å²) in [5.74, 6) is 1.31. The first-order chi connectivity index (χ1) is 14.6. The van der Waals surface area contributed by atoms with Gasteiger partial charge in [-0.3, -0.25) is 9.20 Å². The Morgan fingerprint density at radius 2 is 1.90 bits per heavy atom. The Bertz CT molecular complexity index is 1170. The molecule has 0 saturated carbocycles. The number of carbonyl (C=O) groups is 1. The minimum Gasteiger partial charge on any atom is -0.341 e. The molecule has 1 unspecified atom stereocenters. The highest BCUT2D eigenvalue weighted by Gasteiger charge is 2.24. The van der Waals surface area contributed by atoms with Gasteiger partial charge in [-0.25, -0.2) is 4.68 Å². The summed E-state index contributed by atoms with van der Waals surface area (Å²) in [5.41, 5.74) is 3.76. The van der Waals surface area contributed by atoms with E-state index in [1.54, 1.807) is 16.4 Å². The first-order valence-electron chi connectivity index (χ1n) is 9.67. The van der Waals surface area contributed by atoms with Crippen LogP contribution in [-0.2, 0) is 0 Å². The lowest BCUT2D eigenvalue weighted by Crippen LogP contribution is -2.31. The number of pyridine rings is 1. The largest absolute Gasteiger partial charge is 0.341 e. The van der Waals surface area contributed by atoms with Crippen LogP contribution in [0.4, 0.5) is 0 Å². The fraction of sp³-hybridized carbons (Fsp3) is 0.286. The number of amides is 1. The molecule has 0 radical (unpaired) electrons. The smallest absolute Gasteiger partial charge is 0.274 e. The molecule has 1 N–H and O–H groups in total. The molecule has 30 heavy (non-hydrogen) atoms. The van der Waals surface area contributed by atoms with E-state index in [0.717, 1.165) is 29.1 Å². The molecular formula is C21H23N7OS. The number of benzene rings is 1. The van der Waals surface area contributed by atoms with E-state index >= 15 is 0 Å². The van der Waals surface area contributed by atoms with Crippen molar-refractivity contribution < 1.29 is 4.79 Å². The highest BCUT2D eigenvalue weighted by atomic mass is 32.2. The van der Waals surface area contributed by atoms with Crippen LogP contribution in [0.5, 0.6) is 0 Å². The van der Waals surface area contributed by atoms with Crippen LogP contribution in [0.3, 0.4) is 0 Å². The van der Waals surface area contributed by atoms with E-state index in [2.05, 4.69) is 25.8 Å². The summed E-state index contributed by atoms with van der Waals surface area (Å²) in [6.45, 7) is 3.87. The van der Waals surface area contributed by atoms with Gasteiger partial charge < -0.3 is 5.32 Å². The number of hydrogen-bond acceptors (Lipinski definition) is 6. The maximum atomic E-state index is 13.1. The third-order valence-corrected chi connectivity index (χ3v) is 5.60. The monoisotopic (exact) mass is 421 g/mol. The number of carbonyl (C=O) groups excluding carboxylic acids is 1. The number of thioether (sulfide) groups is 1. The Hall–Kier alpha value is -3.20. The lowest BCUT2D eigenvalue weighted by Gasteiger charge is -2.16. The van der Waals surface area contributed by atoms with E-state index in [0.29, 0.717) is 17.2 Å². The van der Waals surface area contributed by atoms with Crippen LogP contribution in [0.15, 0.2) is 48.7 Å². The number of hydrogen-bond donors (Lipinski definition) is 1. The summed E-state index contributed by atoms with van der Waals surface area (Å²) < 4.78 is 3.58. The molecule has 4 rings (SSSR count). The quantitative estimate of drug-likeness (QED) is 0.493. The minimum atomic E-state index is -0.286. The molecule has 1 atom stereocenters. The minimum absolute atomic E-state index is 0.273. The van der Waals surface area contributed by atoms with Gasteiger partial charge >= 0.3 is 0 Å². The predicted octanol–water partition coefficient (Wildman–Crippen LogP) is 3.15. The van der Waals surface area contributed by atoms with Gasteiger partial charge in [0.2, 0.25) is 0 Å². The van der Waals surface area contributed by atoms with E-state index in [1.807, 2.05) is 73.2 Å². The van der Waals surface area contributed by atoms with E-state index in [4.69, 9.17) is 0 Å². The van der Waals surface area contributed by atoms with Crippen molar-refractivity contribution in [3.8, 4) is 5.69 Å². The fourth-order valence-corrected chi connectivity index (χ4v) is 3.77. The standard InChI is InChI=1S/C21H23N7OS/c1-14-7-9-16(10-8-14)28-15(2)19(24-26-28)21(29)22-17(11-13-30-3)20-25-23-18-6-4-5-12-27(18)20/h4-10,12,17H,11,13H2,1-3H3,(H,22,29). The highest BCUT2D eigenvalue weighted by molar-refractivity contribution is 7.98. The molecule has 8 nitrogen and oxygen atoms in total. The molecule has 154 valence electrons. The maximum Gasteiger partial charge on any atom is 0.274 e. The molecule has 0 aliphatic heterocycles. The SMILES string of the molecule is CSCCC(NC(=O)c1nnn(-c2ccc(C)cc2)c1C)c1nnc2ccccn12. The van der Waals surface area contributed by atoms with Gasteiger partial charge in [0.05, 0.1) is 17.4 Å². The Kier molecular flexibility index (Phi) is 5.80. The highest BCUT2D eigenvalue weighted by Crippen LogP contribution is 2.20. The van der Waals surface area contributed by atoms with Crippen LogP contribution in [-0.4, -0.2) is 47.5 Å². The zero-order valence-electron chi connectivity index (χ0n) is 17.1. The number of aryl methyl sites for hydroxylation is 1. The lowest BCUT2D eigenvalue weighted by atomic mass is 10.2. The van der Waals surface area contributed by atoms with Gasteiger partial charge in [-0.15, -0.1) is 15.3 Å². The first kappa shape index (κ1) is 20.1. The number of nitrogens with one attached hydrogen (secondary N) is 1. The van der Waals surface area contributed by atoms with Crippen molar-refractivity contribution in [1.82, 2.24) is 34.9 Å². The molecule has 1 aromatic carbocycles. The average Bonchev–Trinajstić information content (AvgIpc) is 3.35. The Morgan fingerprint density at radius 1 is 1.10 bits per heavy atom. The van der Waals surface area contributed by atoms with Crippen LogP contribution >= 0.6 is 11.8 Å². The molecular weight excluding hydrogens is 398 g/mol. The van der Waals surface area contributed by atoms with Crippen molar-refractivity contribution >= 4 is 23.3 Å². The van der Waals surface area contributed by atoms with Gasteiger partial charge in [-0.05, 0) is 56.5 Å². The average molecular weight is 422 g/mol. The molecule has 3 aromatic heterocycles. The molecule has 4 aromatic rings. The number of rotatable bonds is 7. The van der Waals surface area contributed by atoms with E-state index in [9.17, 15) is 4.79 Å². The van der Waals surface area contributed by atoms with Crippen LogP contribution in [0.25, 0.3) is 11.3 Å². The van der Waals surface area contributed by atoms with Crippen LogP contribution < -0.4 is 5.32 Å². The van der Waals surface area contributed by atoms with Crippen molar-refractivity contribution in [3.05, 3.63) is 71.4 Å². The Morgan fingerprint density at radius 3 is 2.67 bits per heavy atom. The summed E-state index contributed by atoms with van der Waals surface area (Å²) in [7, 11) is 0. The molecule has 3 heterocycles. The van der Waals surface area contributed by atoms with Gasteiger partial charge in [0, 0.05) is 6.20 Å². The third kappa shape index (κ3) is 3.93. The second-order valence-corrected chi connectivity index (χ2v) is 8.05. The van der Waals surface area contributed by atoms with Crippen molar-refractivity contribution in [2.24, 2.45) is 0 Å². The molecule has 9 heteroatoms. The van der Waals surface area contributed by atoms with Crippen LogP contribution in [0.2, 0.25) is 0 Å². The second kappa shape index (κ2) is 8.66. The van der Waals surface area contributed by atoms with Crippen LogP contribution in [0, 0.1) is 13.8 Å². The Balaban J connectivity index is 1.61. The fourth-order valence-electron chi connectivity index (χ4n) is 3.30. The zero-order chi connectivity index (χ0) is 21.1. The van der Waals surface area contributed by atoms with E-state index in [-0.39, 0.29) is 11.9 Å². The normalized spacial score (nSPS) is 12.2. The topological polar surface area (TPSA) is 90.0 Å². The third-order valence-electron chi connectivity index (χ3n) is 4.96. The number of nitrogens with zero attached hydrogens (tertiary/aromatic N) is 6. The lowest BCUT2D eigenvalue weighted by molar-refractivity contribution is 0.0928. The molecule has 0 bridgehead atoms. The van der Waals surface area contributed by atoms with Crippen molar-refractivity contribution in [2.45, 2.75) is 26.3 Å². The summed E-state index contributed by atoms with van der Waals surface area (Å²) >= 11 is 1.72. The van der Waals surface area contributed by atoms with Crippen LogP contribution in [0.1, 0.15) is 40.0 Å². The summed E-state index contributed by atoms with van der Waals surface area (Å²) in [6.07, 6.45) is 4.67. The second-order valence-electron chi connectivity index (χ2n) is 7.07. The molecule has 1 amide bonds. The van der Waals surface area contributed by atoms with Crippen molar-refractivity contribution in [1.29, 1.82) is 0 Å². The zero-order valence-corrected chi connectivity index (χ0v) is 17.9. The molecule has 0 aliphatic carbocycles. The van der Waals surface area contributed by atoms with Crippen molar-refractivity contribution in [3.63, 3.8) is 0 Å². The first-order valence-corrected chi connectivity index (χ1v) is 11.1. The molecule has 0 spiro atoms. The molecule has 0 saturated heterocycles. The van der Waals surface area contributed by atoms with E-state index < -0.39 is 0 Å².